The summed E-state index contributed by atoms with van der Waals surface area (Å²) in [6, 6.07) is 0. The number of nitrogens with one attached hydrogen (secondary N) is 1. The van der Waals surface area contributed by atoms with E-state index in [1.807, 2.05) is 6.92 Å². The van der Waals surface area contributed by atoms with Crippen molar-refractivity contribution >= 4 is 0 Å². The van der Waals surface area contributed by atoms with E-state index in [4.69, 9.17) is 4.74 Å². The van der Waals surface area contributed by atoms with Crippen LogP contribution in [0.25, 0.3) is 0 Å². The molecule has 0 saturated heterocycles. The van der Waals surface area contributed by atoms with Crippen LogP contribution >= 0.6 is 0 Å². The van der Waals surface area contributed by atoms with E-state index in [0.29, 0.717) is 23.7 Å². The SMILES string of the molecule is CCCn1ncc(OC)c1C(O)c1cn[nH]n1. The Bertz CT molecular complexity index is 465. The van der Waals surface area contributed by atoms with Gasteiger partial charge in [-0.25, -0.2) is 0 Å². The summed E-state index contributed by atoms with van der Waals surface area (Å²) < 4.78 is 6.91. The lowest BCUT2D eigenvalue weighted by molar-refractivity contribution is 0.197. The van der Waals surface area contributed by atoms with Crippen LogP contribution in [0.5, 0.6) is 5.75 Å². The van der Waals surface area contributed by atoms with Gasteiger partial charge in [0, 0.05) is 6.54 Å². The summed E-state index contributed by atoms with van der Waals surface area (Å²) in [4.78, 5) is 0. The second-order valence-electron chi connectivity index (χ2n) is 3.62. The highest BCUT2D eigenvalue weighted by Crippen LogP contribution is 2.28. The maximum atomic E-state index is 10.2. The Hall–Kier alpha value is -1.89. The van der Waals surface area contributed by atoms with E-state index in [1.165, 1.54) is 6.20 Å². The fourth-order valence-electron chi connectivity index (χ4n) is 1.68. The second kappa shape index (κ2) is 4.96. The van der Waals surface area contributed by atoms with Crippen LogP contribution in [-0.4, -0.2) is 37.4 Å². The van der Waals surface area contributed by atoms with Crippen molar-refractivity contribution in [3.63, 3.8) is 0 Å². The van der Waals surface area contributed by atoms with E-state index < -0.39 is 6.10 Å². The van der Waals surface area contributed by atoms with E-state index in [1.54, 1.807) is 18.0 Å². The Morgan fingerprint density at radius 2 is 2.35 bits per heavy atom. The number of aromatic amines is 1. The summed E-state index contributed by atoms with van der Waals surface area (Å²) in [5, 5.41) is 24.4. The van der Waals surface area contributed by atoms with Crippen LogP contribution in [0.2, 0.25) is 0 Å². The van der Waals surface area contributed by atoms with Gasteiger partial charge in [0.1, 0.15) is 17.5 Å². The summed E-state index contributed by atoms with van der Waals surface area (Å²) in [5.74, 6) is 0.550. The van der Waals surface area contributed by atoms with Crippen LogP contribution in [0, 0.1) is 0 Å². The van der Waals surface area contributed by atoms with Crippen molar-refractivity contribution in [1.29, 1.82) is 0 Å². The largest absolute Gasteiger partial charge is 0.493 e. The molecule has 0 amide bonds. The first-order valence-corrected chi connectivity index (χ1v) is 5.41. The van der Waals surface area contributed by atoms with Crippen LogP contribution in [-0.2, 0) is 6.54 Å². The van der Waals surface area contributed by atoms with Gasteiger partial charge in [0.05, 0.1) is 19.5 Å². The van der Waals surface area contributed by atoms with Crippen molar-refractivity contribution in [3.8, 4) is 5.75 Å². The molecule has 2 rings (SSSR count). The topological polar surface area (TPSA) is 88.9 Å². The molecule has 2 aromatic rings. The number of ether oxygens (including phenoxy) is 1. The number of hydrogen-bond donors (Lipinski definition) is 2. The molecule has 0 aliphatic heterocycles. The Labute approximate surface area is 98.4 Å². The number of methoxy groups -OCH3 is 1. The summed E-state index contributed by atoms with van der Waals surface area (Å²) >= 11 is 0. The van der Waals surface area contributed by atoms with Crippen LogP contribution in [0.4, 0.5) is 0 Å². The molecule has 0 saturated carbocycles. The van der Waals surface area contributed by atoms with Crippen molar-refractivity contribution in [3.05, 3.63) is 23.8 Å². The van der Waals surface area contributed by atoms with Crippen molar-refractivity contribution < 1.29 is 9.84 Å². The highest BCUT2D eigenvalue weighted by molar-refractivity contribution is 5.31. The zero-order valence-corrected chi connectivity index (χ0v) is 9.79. The van der Waals surface area contributed by atoms with Gasteiger partial charge < -0.3 is 9.84 Å². The Kier molecular flexibility index (Phi) is 3.38. The van der Waals surface area contributed by atoms with Gasteiger partial charge in [0.25, 0.3) is 0 Å². The molecule has 17 heavy (non-hydrogen) atoms. The van der Waals surface area contributed by atoms with E-state index in [9.17, 15) is 5.11 Å². The third-order valence-electron chi connectivity index (χ3n) is 2.47. The molecule has 0 aliphatic carbocycles. The van der Waals surface area contributed by atoms with E-state index in [-0.39, 0.29) is 0 Å². The van der Waals surface area contributed by atoms with E-state index in [2.05, 4.69) is 20.5 Å². The lowest BCUT2D eigenvalue weighted by Gasteiger charge is -2.12. The average molecular weight is 237 g/mol. The average Bonchev–Trinajstić information content (AvgIpc) is 2.97. The molecule has 0 aromatic carbocycles. The van der Waals surface area contributed by atoms with Gasteiger partial charge in [-0.3, -0.25) is 4.68 Å². The van der Waals surface area contributed by atoms with E-state index in [0.717, 1.165) is 6.42 Å². The fourth-order valence-corrected chi connectivity index (χ4v) is 1.68. The number of aliphatic hydroxyl groups excluding tert-OH is 1. The van der Waals surface area contributed by atoms with Gasteiger partial charge in [-0.2, -0.15) is 20.5 Å². The van der Waals surface area contributed by atoms with Crippen LogP contribution in [0.3, 0.4) is 0 Å². The highest BCUT2D eigenvalue weighted by Gasteiger charge is 2.23. The van der Waals surface area contributed by atoms with Crippen molar-refractivity contribution in [2.45, 2.75) is 26.0 Å². The Morgan fingerprint density at radius 1 is 1.53 bits per heavy atom. The third-order valence-corrected chi connectivity index (χ3v) is 2.47. The number of hydrogen-bond acceptors (Lipinski definition) is 5. The van der Waals surface area contributed by atoms with Gasteiger partial charge in [0.15, 0.2) is 5.75 Å². The lowest BCUT2D eigenvalue weighted by Crippen LogP contribution is -2.11. The van der Waals surface area contributed by atoms with Crippen molar-refractivity contribution in [1.82, 2.24) is 25.2 Å². The van der Waals surface area contributed by atoms with Gasteiger partial charge in [-0.1, -0.05) is 6.92 Å². The first-order valence-electron chi connectivity index (χ1n) is 5.41. The van der Waals surface area contributed by atoms with Gasteiger partial charge >= 0.3 is 0 Å². The summed E-state index contributed by atoms with van der Waals surface area (Å²) in [5.41, 5.74) is 1.05. The van der Waals surface area contributed by atoms with Crippen molar-refractivity contribution in [2.75, 3.05) is 7.11 Å². The minimum atomic E-state index is -0.891. The van der Waals surface area contributed by atoms with Crippen LogP contribution < -0.4 is 4.74 Å². The number of nitrogens with zero attached hydrogens (tertiary/aromatic N) is 4. The lowest BCUT2D eigenvalue weighted by atomic mass is 10.2. The molecule has 7 heteroatoms. The van der Waals surface area contributed by atoms with Gasteiger partial charge in [-0.15, -0.1) is 0 Å². The number of aliphatic hydroxyl groups is 1. The molecule has 2 heterocycles. The minimum absolute atomic E-state index is 0.446. The third kappa shape index (κ3) is 2.14. The molecule has 0 bridgehead atoms. The maximum absolute atomic E-state index is 10.2. The normalized spacial score (nSPS) is 12.6. The molecule has 0 fully saturated rings. The first-order chi connectivity index (χ1) is 8.27. The van der Waals surface area contributed by atoms with Crippen LogP contribution in [0.15, 0.2) is 12.4 Å². The van der Waals surface area contributed by atoms with Crippen molar-refractivity contribution in [2.24, 2.45) is 0 Å². The molecular formula is C10H15N5O2. The Balaban J connectivity index is 2.38. The van der Waals surface area contributed by atoms with Gasteiger partial charge in [0.2, 0.25) is 0 Å². The monoisotopic (exact) mass is 237 g/mol. The van der Waals surface area contributed by atoms with Crippen LogP contribution in [0.1, 0.15) is 30.8 Å². The maximum Gasteiger partial charge on any atom is 0.163 e. The predicted molar refractivity (Wildman–Crippen MR) is 59.5 cm³/mol. The standard InChI is InChI=1S/C10H15N5O2/c1-3-4-15-9(8(17-2)6-12-15)10(16)7-5-11-14-13-7/h5-6,10,16H,3-4H2,1-2H3,(H,11,13,14). The minimum Gasteiger partial charge on any atom is -0.493 e. The molecule has 0 spiro atoms. The fraction of sp³-hybridized carbons (Fsp3) is 0.500. The van der Waals surface area contributed by atoms with Gasteiger partial charge in [-0.05, 0) is 6.42 Å². The zero-order chi connectivity index (χ0) is 12.3. The molecule has 7 nitrogen and oxygen atoms in total. The molecule has 1 atom stereocenters. The smallest absolute Gasteiger partial charge is 0.163 e. The Morgan fingerprint density at radius 3 is 2.94 bits per heavy atom. The summed E-state index contributed by atoms with van der Waals surface area (Å²) in [6.07, 6.45) is 3.10. The van der Waals surface area contributed by atoms with E-state index >= 15 is 0 Å². The number of aryl methyl sites for hydroxylation is 1. The number of rotatable bonds is 5. The quantitative estimate of drug-likeness (QED) is 0.790. The molecule has 0 aliphatic rings. The highest BCUT2D eigenvalue weighted by atomic mass is 16.5. The summed E-state index contributed by atoms with van der Waals surface area (Å²) in [7, 11) is 1.55. The molecule has 1 unspecified atom stereocenters. The summed E-state index contributed by atoms with van der Waals surface area (Å²) in [6.45, 7) is 2.76. The molecular weight excluding hydrogens is 222 g/mol. The molecule has 92 valence electrons. The molecule has 2 aromatic heterocycles. The first kappa shape index (κ1) is 11.6. The number of H-pyrrole nitrogens is 1. The molecule has 2 N–H and O–H groups in total. The predicted octanol–water partition coefficient (Wildman–Crippen LogP) is 0.501. The molecule has 0 radical (unpaired) electrons. The number of aromatic nitrogens is 5. The zero-order valence-electron chi connectivity index (χ0n) is 9.79. The second-order valence-corrected chi connectivity index (χ2v) is 3.62.